The largest absolute Gasteiger partial charge is 0.357 e. The number of amides is 2. The highest BCUT2D eigenvalue weighted by molar-refractivity contribution is 6.35. The topological polar surface area (TPSA) is 65.2 Å². The number of carbonyl (C=O) groups is 2. The van der Waals surface area contributed by atoms with Crippen LogP contribution in [-0.4, -0.2) is 41.3 Å². The van der Waals surface area contributed by atoms with Crippen molar-refractivity contribution in [1.82, 2.24) is 15.2 Å². The highest BCUT2D eigenvalue weighted by atomic mass is 35.5. The van der Waals surface area contributed by atoms with Gasteiger partial charge in [0, 0.05) is 19.0 Å². The Morgan fingerprint density at radius 3 is 2.73 bits per heavy atom. The SMILES string of the molecule is CNC(=O)C1CC2(CCCCC2)CN1C(=O)c1cc2cccc(Cl)c2[nH]1. The first-order valence-corrected chi connectivity index (χ1v) is 9.71. The summed E-state index contributed by atoms with van der Waals surface area (Å²) in [6.45, 7) is 0.660. The average Bonchev–Trinajstić information content (AvgIpc) is 3.24. The van der Waals surface area contributed by atoms with Crippen molar-refractivity contribution in [3.05, 3.63) is 35.0 Å². The van der Waals surface area contributed by atoms with Crippen LogP contribution in [0.25, 0.3) is 10.9 Å². The number of nitrogens with one attached hydrogen (secondary N) is 2. The van der Waals surface area contributed by atoms with Crippen molar-refractivity contribution in [1.29, 1.82) is 0 Å². The van der Waals surface area contributed by atoms with E-state index in [1.165, 1.54) is 19.3 Å². The van der Waals surface area contributed by atoms with Gasteiger partial charge < -0.3 is 15.2 Å². The van der Waals surface area contributed by atoms with Crippen LogP contribution in [0.15, 0.2) is 24.3 Å². The second-order valence-electron chi connectivity index (χ2n) is 7.71. The minimum absolute atomic E-state index is 0.0741. The summed E-state index contributed by atoms with van der Waals surface area (Å²) in [5, 5.41) is 4.24. The monoisotopic (exact) mass is 373 g/mol. The molecule has 1 atom stereocenters. The van der Waals surface area contributed by atoms with Gasteiger partial charge in [-0.3, -0.25) is 9.59 Å². The van der Waals surface area contributed by atoms with Gasteiger partial charge in [0.2, 0.25) is 5.91 Å². The van der Waals surface area contributed by atoms with Crippen molar-refractivity contribution in [2.24, 2.45) is 5.41 Å². The number of halogens is 1. The zero-order chi connectivity index (χ0) is 18.3. The highest BCUT2D eigenvalue weighted by Crippen LogP contribution is 2.46. The van der Waals surface area contributed by atoms with E-state index in [1.807, 2.05) is 18.2 Å². The van der Waals surface area contributed by atoms with Gasteiger partial charge in [-0.15, -0.1) is 0 Å². The third kappa shape index (κ3) is 2.88. The summed E-state index contributed by atoms with van der Waals surface area (Å²) in [6, 6.07) is 7.03. The van der Waals surface area contributed by atoms with Crippen molar-refractivity contribution < 1.29 is 9.59 Å². The van der Waals surface area contributed by atoms with E-state index in [0.29, 0.717) is 17.3 Å². The van der Waals surface area contributed by atoms with Crippen LogP contribution in [0.4, 0.5) is 0 Å². The molecular formula is C20H24ClN3O2. The zero-order valence-corrected chi connectivity index (χ0v) is 15.7. The van der Waals surface area contributed by atoms with E-state index in [4.69, 9.17) is 11.6 Å². The zero-order valence-electron chi connectivity index (χ0n) is 15.0. The second kappa shape index (κ2) is 6.62. The Bertz CT molecular complexity index is 854. The molecule has 26 heavy (non-hydrogen) atoms. The van der Waals surface area contributed by atoms with Crippen molar-refractivity contribution in [3.8, 4) is 0 Å². The number of aromatic amines is 1. The molecule has 6 heteroatoms. The standard InChI is InChI=1S/C20H24ClN3O2/c1-22-18(25)16-11-20(8-3-2-4-9-20)12-24(16)19(26)15-10-13-6-5-7-14(21)17(13)23-15/h5-7,10,16,23H,2-4,8-9,11-12H2,1H3,(H,22,25). The summed E-state index contributed by atoms with van der Waals surface area (Å²) >= 11 is 6.23. The molecule has 2 amide bonds. The maximum atomic E-state index is 13.3. The molecular weight excluding hydrogens is 350 g/mol. The lowest BCUT2D eigenvalue weighted by atomic mass is 9.72. The van der Waals surface area contributed by atoms with Gasteiger partial charge in [-0.1, -0.05) is 43.0 Å². The third-order valence-electron chi connectivity index (χ3n) is 6.07. The Labute approximate surface area is 158 Å². The van der Waals surface area contributed by atoms with E-state index < -0.39 is 6.04 Å². The molecule has 1 aliphatic carbocycles. The molecule has 2 N–H and O–H groups in total. The number of carbonyl (C=O) groups excluding carboxylic acids is 2. The maximum Gasteiger partial charge on any atom is 0.271 e. The summed E-state index contributed by atoms with van der Waals surface area (Å²) in [5.41, 5.74) is 1.35. The molecule has 138 valence electrons. The van der Waals surface area contributed by atoms with Gasteiger partial charge in [-0.2, -0.15) is 0 Å². The molecule has 2 aliphatic rings. The van der Waals surface area contributed by atoms with Crippen LogP contribution in [0.2, 0.25) is 5.02 Å². The molecule has 2 aromatic rings. The molecule has 2 fully saturated rings. The molecule has 0 bridgehead atoms. The van der Waals surface area contributed by atoms with Gasteiger partial charge in [0.05, 0.1) is 10.5 Å². The van der Waals surface area contributed by atoms with E-state index in [1.54, 1.807) is 18.0 Å². The normalized spacial score (nSPS) is 22.1. The predicted molar refractivity (Wildman–Crippen MR) is 102 cm³/mol. The predicted octanol–water partition coefficient (Wildman–Crippen LogP) is 3.73. The fourth-order valence-corrected chi connectivity index (χ4v) is 4.95. The van der Waals surface area contributed by atoms with Gasteiger partial charge in [0.1, 0.15) is 11.7 Å². The first kappa shape index (κ1) is 17.4. The number of nitrogens with zero attached hydrogens (tertiary/aromatic N) is 1. The van der Waals surface area contributed by atoms with E-state index in [2.05, 4.69) is 10.3 Å². The summed E-state index contributed by atoms with van der Waals surface area (Å²) in [5.74, 6) is -0.191. The molecule has 1 spiro atoms. The number of aromatic nitrogens is 1. The Kier molecular flexibility index (Phi) is 4.43. The summed E-state index contributed by atoms with van der Waals surface area (Å²) in [4.78, 5) is 30.7. The molecule has 2 heterocycles. The number of likely N-dealkylation sites (tertiary alicyclic amines) is 1. The van der Waals surface area contributed by atoms with Crippen molar-refractivity contribution in [2.45, 2.75) is 44.6 Å². The summed E-state index contributed by atoms with van der Waals surface area (Å²) < 4.78 is 0. The molecule has 5 nitrogen and oxygen atoms in total. The van der Waals surface area contributed by atoms with E-state index >= 15 is 0 Å². The average molecular weight is 374 g/mol. The third-order valence-corrected chi connectivity index (χ3v) is 6.38. The van der Waals surface area contributed by atoms with Gasteiger partial charge >= 0.3 is 0 Å². The van der Waals surface area contributed by atoms with Crippen LogP contribution in [0, 0.1) is 5.41 Å². The van der Waals surface area contributed by atoms with Crippen molar-refractivity contribution >= 4 is 34.3 Å². The van der Waals surface area contributed by atoms with Gasteiger partial charge in [-0.25, -0.2) is 0 Å². The first-order valence-electron chi connectivity index (χ1n) is 9.33. The number of hydrogen-bond donors (Lipinski definition) is 2. The highest BCUT2D eigenvalue weighted by Gasteiger charge is 2.48. The van der Waals surface area contributed by atoms with E-state index in [0.717, 1.165) is 30.2 Å². The molecule has 1 unspecified atom stereocenters. The number of H-pyrrole nitrogens is 1. The van der Waals surface area contributed by atoms with Crippen LogP contribution in [-0.2, 0) is 4.79 Å². The fourth-order valence-electron chi connectivity index (χ4n) is 4.72. The van der Waals surface area contributed by atoms with Crippen LogP contribution < -0.4 is 5.32 Å². The first-order chi connectivity index (χ1) is 12.5. The Morgan fingerprint density at radius 2 is 2.04 bits per heavy atom. The molecule has 1 saturated heterocycles. The lowest BCUT2D eigenvalue weighted by Gasteiger charge is -2.32. The van der Waals surface area contributed by atoms with Crippen molar-refractivity contribution in [2.75, 3.05) is 13.6 Å². The molecule has 1 aromatic carbocycles. The lowest BCUT2D eigenvalue weighted by molar-refractivity contribution is -0.124. The van der Waals surface area contributed by atoms with Crippen LogP contribution in [0.1, 0.15) is 49.0 Å². The smallest absolute Gasteiger partial charge is 0.271 e. The number of rotatable bonds is 2. The molecule has 1 saturated carbocycles. The summed E-state index contributed by atoms with van der Waals surface area (Å²) in [7, 11) is 1.64. The molecule has 1 aromatic heterocycles. The maximum absolute atomic E-state index is 13.3. The van der Waals surface area contributed by atoms with E-state index in [-0.39, 0.29) is 17.2 Å². The van der Waals surface area contributed by atoms with Crippen molar-refractivity contribution in [3.63, 3.8) is 0 Å². The number of para-hydroxylation sites is 1. The summed E-state index contributed by atoms with van der Waals surface area (Å²) in [6.07, 6.45) is 6.58. The Balaban J connectivity index is 1.67. The Hall–Kier alpha value is -2.01. The Morgan fingerprint density at radius 1 is 1.27 bits per heavy atom. The number of fused-ring (bicyclic) bond motifs is 1. The van der Waals surface area contributed by atoms with Crippen LogP contribution in [0.5, 0.6) is 0 Å². The van der Waals surface area contributed by atoms with E-state index in [9.17, 15) is 9.59 Å². The number of hydrogen-bond acceptors (Lipinski definition) is 2. The molecule has 1 aliphatic heterocycles. The second-order valence-corrected chi connectivity index (χ2v) is 8.12. The van der Waals surface area contributed by atoms with Crippen LogP contribution in [0.3, 0.4) is 0 Å². The minimum Gasteiger partial charge on any atom is -0.357 e. The van der Waals surface area contributed by atoms with Gasteiger partial charge in [-0.05, 0) is 36.8 Å². The molecule has 4 rings (SSSR count). The number of benzene rings is 1. The fraction of sp³-hybridized carbons (Fsp3) is 0.500. The van der Waals surface area contributed by atoms with Crippen LogP contribution >= 0.6 is 11.6 Å². The van der Waals surface area contributed by atoms with Gasteiger partial charge in [0.25, 0.3) is 5.91 Å². The minimum atomic E-state index is -0.396. The lowest BCUT2D eigenvalue weighted by Crippen LogP contribution is -2.45. The van der Waals surface area contributed by atoms with Gasteiger partial charge in [0.15, 0.2) is 0 Å². The number of likely N-dealkylation sites (N-methyl/N-ethyl adjacent to an activating group) is 1. The quantitative estimate of drug-likeness (QED) is 0.842. The molecule has 0 radical (unpaired) electrons.